The molecule has 0 atom stereocenters. The molecule has 2 heterocycles. The lowest BCUT2D eigenvalue weighted by Crippen LogP contribution is -2.26. The van der Waals surface area contributed by atoms with Crippen LogP contribution < -0.4 is 10.2 Å². The number of ether oxygens (including phenoxy) is 1. The van der Waals surface area contributed by atoms with Gasteiger partial charge in [0.1, 0.15) is 5.76 Å². The number of nitrogens with one attached hydrogen (secondary N) is 1. The molecule has 0 bridgehead atoms. The standard InChI is InChI=1S/C21H25NO3/c1-7-21(4,5)18-19(23)15(3)17(25-20(18)24-6)11-10-14(2)13-16-9-8-12-22-16/h7-13,22H,1H2,2-6H3/b11-10+,14-13+. The van der Waals surface area contributed by atoms with Gasteiger partial charge in [-0.05, 0) is 43.7 Å². The molecule has 0 saturated heterocycles. The molecular weight excluding hydrogens is 314 g/mol. The van der Waals surface area contributed by atoms with Gasteiger partial charge in [-0.2, -0.15) is 0 Å². The molecule has 0 aliphatic heterocycles. The van der Waals surface area contributed by atoms with Crippen LogP contribution in [0, 0.1) is 6.92 Å². The lowest BCUT2D eigenvalue weighted by atomic mass is 9.84. The van der Waals surface area contributed by atoms with E-state index in [-0.39, 0.29) is 11.4 Å². The summed E-state index contributed by atoms with van der Waals surface area (Å²) in [7, 11) is 1.50. The largest absolute Gasteiger partial charge is 0.468 e. The third-order valence-electron chi connectivity index (χ3n) is 4.19. The van der Waals surface area contributed by atoms with Gasteiger partial charge >= 0.3 is 0 Å². The summed E-state index contributed by atoms with van der Waals surface area (Å²) < 4.78 is 11.2. The predicted molar refractivity (Wildman–Crippen MR) is 103 cm³/mol. The Labute approximate surface area is 148 Å². The van der Waals surface area contributed by atoms with Crippen molar-refractivity contribution in [2.45, 2.75) is 33.1 Å². The Morgan fingerprint density at radius 1 is 1.40 bits per heavy atom. The zero-order valence-electron chi connectivity index (χ0n) is 15.5. The minimum Gasteiger partial charge on any atom is -0.468 e. The molecule has 2 aromatic rings. The fourth-order valence-electron chi connectivity index (χ4n) is 2.51. The molecule has 4 nitrogen and oxygen atoms in total. The Balaban J connectivity index is 2.47. The van der Waals surface area contributed by atoms with Crippen molar-refractivity contribution in [2.24, 2.45) is 0 Å². The second kappa shape index (κ2) is 7.43. The minimum atomic E-state index is -0.539. The van der Waals surface area contributed by atoms with E-state index in [0.29, 0.717) is 16.9 Å². The van der Waals surface area contributed by atoms with E-state index in [1.165, 1.54) is 7.11 Å². The highest BCUT2D eigenvalue weighted by atomic mass is 16.6. The van der Waals surface area contributed by atoms with Crippen molar-refractivity contribution >= 4 is 12.2 Å². The number of allylic oxidation sites excluding steroid dienone is 3. The van der Waals surface area contributed by atoms with Crippen LogP contribution >= 0.6 is 0 Å². The third-order valence-corrected chi connectivity index (χ3v) is 4.19. The fraction of sp³-hybridized carbons (Fsp3) is 0.286. The molecule has 4 heteroatoms. The molecule has 0 fully saturated rings. The molecule has 2 rings (SSSR count). The lowest BCUT2D eigenvalue weighted by molar-refractivity contribution is 0.281. The van der Waals surface area contributed by atoms with Gasteiger partial charge in [0.2, 0.25) is 0 Å². The van der Waals surface area contributed by atoms with Crippen LogP contribution in [0.1, 0.15) is 43.4 Å². The van der Waals surface area contributed by atoms with E-state index in [2.05, 4.69) is 11.6 Å². The van der Waals surface area contributed by atoms with Crippen LogP contribution in [0.25, 0.3) is 12.2 Å². The van der Waals surface area contributed by atoms with E-state index in [1.807, 2.05) is 51.3 Å². The summed E-state index contributed by atoms with van der Waals surface area (Å²) in [6.07, 6.45) is 9.30. The first-order valence-electron chi connectivity index (χ1n) is 8.15. The molecule has 1 N–H and O–H groups in total. The number of rotatable bonds is 6. The van der Waals surface area contributed by atoms with E-state index in [4.69, 9.17) is 9.15 Å². The van der Waals surface area contributed by atoms with Gasteiger partial charge in [0.05, 0.1) is 12.7 Å². The zero-order chi connectivity index (χ0) is 18.6. The maximum Gasteiger partial charge on any atom is 0.292 e. The van der Waals surface area contributed by atoms with Crippen LogP contribution in [-0.2, 0) is 5.41 Å². The Morgan fingerprint density at radius 3 is 2.68 bits per heavy atom. The average molecular weight is 339 g/mol. The summed E-state index contributed by atoms with van der Waals surface area (Å²) in [5.74, 6) is 0.718. The molecule has 0 radical (unpaired) electrons. The number of hydrogen-bond acceptors (Lipinski definition) is 3. The molecule has 0 aliphatic carbocycles. The maximum absolute atomic E-state index is 12.8. The van der Waals surface area contributed by atoms with Gasteiger partial charge in [-0.15, -0.1) is 6.58 Å². The number of aromatic amines is 1. The molecule has 0 amide bonds. The van der Waals surface area contributed by atoms with Crippen LogP contribution in [-0.4, -0.2) is 12.1 Å². The summed E-state index contributed by atoms with van der Waals surface area (Å²) >= 11 is 0. The fourth-order valence-corrected chi connectivity index (χ4v) is 2.51. The average Bonchev–Trinajstić information content (AvgIpc) is 3.08. The molecule has 2 aromatic heterocycles. The Morgan fingerprint density at radius 2 is 2.12 bits per heavy atom. The van der Waals surface area contributed by atoms with E-state index in [1.54, 1.807) is 19.1 Å². The van der Waals surface area contributed by atoms with Crippen LogP contribution in [0.5, 0.6) is 5.95 Å². The van der Waals surface area contributed by atoms with Crippen molar-refractivity contribution in [3.8, 4) is 5.95 Å². The van der Waals surface area contributed by atoms with Crippen molar-refractivity contribution in [2.75, 3.05) is 7.11 Å². The van der Waals surface area contributed by atoms with Crippen molar-refractivity contribution in [3.05, 3.63) is 75.4 Å². The Hall–Kier alpha value is -2.75. The number of hydrogen-bond donors (Lipinski definition) is 1. The summed E-state index contributed by atoms with van der Waals surface area (Å²) in [6.45, 7) is 11.4. The molecule has 0 saturated carbocycles. The molecule has 132 valence electrons. The highest BCUT2D eigenvalue weighted by molar-refractivity contribution is 5.59. The molecule has 0 spiro atoms. The normalized spacial score (nSPS) is 12.6. The second-order valence-corrected chi connectivity index (χ2v) is 6.56. The minimum absolute atomic E-state index is 0.0846. The summed E-state index contributed by atoms with van der Waals surface area (Å²) in [5.41, 5.74) is 2.45. The first-order chi connectivity index (χ1) is 11.8. The number of aromatic nitrogens is 1. The van der Waals surface area contributed by atoms with Crippen molar-refractivity contribution in [1.82, 2.24) is 4.98 Å². The quantitative estimate of drug-likeness (QED) is 0.604. The van der Waals surface area contributed by atoms with Crippen molar-refractivity contribution < 1.29 is 9.15 Å². The van der Waals surface area contributed by atoms with Gasteiger partial charge in [-0.1, -0.05) is 26.0 Å². The van der Waals surface area contributed by atoms with E-state index >= 15 is 0 Å². The van der Waals surface area contributed by atoms with Crippen LogP contribution in [0.4, 0.5) is 0 Å². The van der Waals surface area contributed by atoms with Gasteiger partial charge in [-0.25, -0.2) is 0 Å². The van der Waals surface area contributed by atoms with E-state index in [0.717, 1.165) is 11.3 Å². The van der Waals surface area contributed by atoms with E-state index in [9.17, 15) is 4.79 Å². The first kappa shape index (κ1) is 18.6. The Kier molecular flexibility index (Phi) is 5.52. The van der Waals surface area contributed by atoms with Gasteiger partial charge in [0.25, 0.3) is 5.95 Å². The van der Waals surface area contributed by atoms with Crippen molar-refractivity contribution in [3.63, 3.8) is 0 Å². The maximum atomic E-state index is 12.8. The van der Waals surface area contributed by atoms with Crippen LogP contribution in [0.2, 0.25) is 0 Å². The second-order valence-electron chi connectivity index (χ2n) is 6.56. The van der Waals surface area contributed by atoms with Crippen LogP contribution in [0.15, 0.2) is 51.8 Å². The van der Waals surface area contributed by atoms with Gasteiger partial charge in [0, 0.05) is 22.9 Å². The van der Waals surface area contributed by atoms with Gasteiger partial charge < -0.3 is 14.1 Å². The van der Waals surface area contributed by atoms with Crippen molar-refractivity contribution in [1.29, 1.82) is 0 Å². The van der Waals surface area contributed by atoms with E-state index < -0.39 is 5.41 Å². The third kappa shape index (κ3) is 4.02. The number of H-pyrrole nitrogens is 1. The molecule has 25 heavy (non-hydrogen) atoms. The summed E-state index contributed by atoms with van der Waals surface area (Å²) in [5, 5.41) is 0. The topological polar surface area (TPSA) is 55.2 Å². The summed E-state index contributed by atoms with van der Waals surface area (Å²) in [6, 6.07) is 3.93. The summed E-state index contributed by atoms with van der Waals surface area (Å²) in [4.78, 5) is 16.0. The lowest BCUT2D eigenvalue weighted by Gasteiger charge is -2.21. The number of methoxy groups -OCH3 is 1. The molecule has 0 aliphatic rings. The SMILES string of the molecule is C=CC(C)(C)c1c(OC)oc(/C=C/C(C)=C/c2ccc[nH]2)c(C)c1=O. The monoisotopic (exact) mass is 339 g/mol. The molecule has 0 aromatic carbocycles. The Bertz CT molecular complexity index is 865. The molecular formula is C21H25NO3. The molecule has 0 unspecified atom stereocenters. The smallest absolute Gasteiger partial charge is 0.292 e. The highest BCUT2D eigenvalue weighted by Gasteiger charge is 2.28. The first-order valence-corrected chi connectivity index (χ1v) is 8.15. The zero-order valence-corrected chi connectivity index (χ0v) is 15.5. The predicted octanol–water partition coefficient (Wildman–Crippen LogP) is 4.87. The van der Waals surface area contributed by atoms with Gasteiger partial charge in [0.15, 0.2) is 5.43 Å². The highest BCUT2D eigenvalue weighted by Crippen LogP contribution is 2.31. The van der Waals surface area contributed by atoms with Crippen LogP contribution in [0.3, 0.4) is 0 Å². The van der Waals surface area contributed by atoms with Gasteiger partial charge in [-0.3, -0.25) is 4.79 Å².